The quantitative estimate of drug-likeness (QED) is 0.793. The van der Waals surface area contributed by atoms with Gasteiger partial charge in [-0.3, -0.25) is 0 Å². The monoisotopic (exact) mass is 333 g/mol. The zero-order valence-corrected chi connectivity index (χ0v) is 12.4. The lowest BCUT2D eigenvalue weighted by atomic mass is 10.1. The van der Waals surface area contributed by atoms with Gasteiger partial charge >= 0.3 is 0 Å². The lowest BCUT2D eigenvalue weighted by Crippen LogP contribution is -2.11. The molecule has 0 saturated carbocycles. The molecule has 3 heteroatoms. The first kappa shape index (κ1) is 13.0. The number of hydrogen-bond donors (Lipinski definition) is 1. The first-order valence-electron chi connectivity index (χ1n) is 5.32. The van der Waals surface area contributed by atoms with Crippen LogP contribution in [0.2, 0.25) is 0 Å². The summed E-state index contributed by atoms with van der Waals surface area (Å²) in [7, 11) is 0. The Morgan fingerprint density at radius 2 is 2.07 bits per heavy atom. The highest BCUT2D eigenvalue weighted by molar-refractivity contribution is 9.11. The number of anilines is 1. The van der Waals surface area contributed by atoms with Gasteiger partial charge in [0.2, 0.25) is 0 Å². The predicted octanol–water partition coefficient (Wildman–Crippen LogP) is 5.06. The smallest absolute Gasteiger partial charge is 0.0485 e. The zero-order chi connectivity index (χ0) is 11.3. The van der Waals surface area contributed by atoms with Crippen molar-refractivity contribution >= 4 is 37.5 Å². The summed E-state index contributed by atoms with van der Waals surface area (Å²) in [5, 5.41) is 3.46. The van der Waals surface area contributed by atoms with E-state index in [-0.39, 0.29) is 0 Å². The molecule has 0 amide bonds. The van der Waals surface area contributed by atoms with Crippen LogP contribution in [0.4, 0.5) is 5.69 Å². The highest BCUT2D eigenvalue weighted by Crippen LogP contribution is 2.26. The van der Waals surface area contributed by atoms with E-state index in [0.717, 1.165) is 21.4 Å². The minimum absolute atomic E-state index is 0.727. The van der Waals surface area contributed by atoms with Crippen LogP contribution < -0.4 is 5.32 Å². The number of rotatable bonds is 5. The maximum Gasteiger partial charge on any atom is 0.0485 e. The van der Waals surface area contributed by atoms with Crippen LogP contribution in [-0.4, -0.2) is 6.54 Å². The third-order valence-corrected chi connectivity index (χ3v) is 3.50. The standard InChI is InChI=1S/C12H17Br2N/c1-3-4-9(2)8-15-12-6-5-10(13)7-11(12)14/h5-7,9,15H,3-4,8H2,1-2H3. The molecule has 1 rings (SSSR count). The summed E-state index contributed by atoms with van der Waals surface area (Å²) in [5.74, 6) is 0.727. The van der Waals surface area contributed by atoms with Crippen LogP contribution in [0.3, 0.4) is 0 Å². The first-order valence-corrected chi connectivity index (χ1v) is 6.91. The van der Waals surface area contributed by atoms with E-state index in [9.17, 15) is 0 Å². The predicted molar refractivity (Wildman–Crippen MR) is 74.4 cm³/mol. The molecule has 1 aromatic rings. The Labute approximate surface area is 109 Å². The normalized spacial score (nSPS) is 12.5. The van der Waals surface area contributed by atoms with Gasteiger partial charge in [-0.05, 0) is 46.5 Å². The molecule has 0 bridgehead atoms. The summed E-state index contributed by atoms with van der Waals surface area (Å²) in [6.45, 7) is 5.55. The van der Waals surface area contributed by atoms with E-state index in [1.807, 2.05) is 0 Å². The SMILES string of the molecule is CCCC(C)CNc1ccc(Br)cc1Br. The molecule has 0 aliphatic heterocycles. The van der Waals surface area contributed by atoms with Gasteiger partial charge in [0, 0.05) is 21.2 Å². The second kappa shape index (κ2) is 6.54. The van der Waals surface area contributed by atoms with E-state index in [2.05, 4.69) is 69.2 Å². The molecular weight excluding hydrogens is 318 g/mol. The fourth-order valence-corrected chi connectivity index (χ4v) is 2.70. The first-order chi connectivity index (χ1) is 7.13. The van der Waals surface area contributed by atoms with E-state index in [1.54, 1.807) is 0 Å². The molecule has 15 heavy (non-hydrogen) atoms. The van der Waals surface area contributed by atoms with Crippen LogP contribution in [-0.2, 0) is 0 Å². The molecule has 0 aliphatic rings. The van der Waals surface area contributed by atoms with Gasteiger partial charge in [0.15, 0.2) is 0 Å². The Morgan fingerprint density at radius 3 is 2.67 bits per heavy atom. The summed E-state index contributed by atoms with van der Waals surface area (Å²) in [5.41, 5.74) is 1.17. The largest absolute Gasteiger partial charge is 0.384 e. The van der Waals surface area contributed by atoms with Crippen molar-refractivity contribution in [1.29, 1.82) is 0 Å². The Hall–Kier alpha value is -0.0200. The average Bonchev–Trinajstić information content (AvgIpc) is 2.17. The Morgan fingerprint density at radius 1 is 1.33 bits per heavy atom. The van der Waals surface area contributed by atoms with Crippen molar-refractivity contribution in [1.82, 2.24) is 0 Å². The molecule has 84 valence electrons. The molecule has 1 nitrogen and oxygen atoms in total. The molecule has 1 unspecified atom stereocenters. The van der Waals surface area contributed by atoms with Crippen molar-refractivity contribution < 1.29 is 0 Å². The van der Waals surface area contributed by atoms with Gasteiger partial charge in [-0.1, -0.05) is 36.2 Å². The summed E-state index contributed by atoms with van der Waals surface area (Å²) in [6.07, 6.45) is 2.53. The third kappa shape index (κ3) is 4.56. The summed E-state index contributed by atoms with van der Waals surface area (Å²) >= 11 is 6.99. The van der Waals surface area contributed by atoms with E-state index in [4.69, 9.17) is 0 Å². The molecule has 0 aliphatic carbocycles. The zero-order valence-electron chi connectivity index (χ0n) is 9.19. The fraction of sp³-hybridized carbons (Fsp3) is 0.500. The average molecular weight is 335 g/mol. The van der Waals surface area contributed by atoms with Gasteiger partial charge in [0.1, 0.15) is 0 Å². The molecule has 0 heterocycles. The highest BCUT2D eigenvalue weighted by Gasteiger charge is 2.03. The van der Waals surface area contributed by atoms with Crippen LogP contribution in [0.5, 0.6) is 0 Å². The fourth-order valence-electron chi connectivity index (χ4n) is 1.51. The van der Waals surface area contributed by atoms with Gasteiger partial charge in [-0.2, -0.15) is 0 Å². The van der Waals surface area contributed by atoms with Crippen molar-refractivity contribution in [3.05, 3.63) is 27.1 Å². The molecule has 0 saturated heterocycles. The molecule has 0 fully saturated rings. The molecule has 0 spiro atoms. The number of benzene rings is 1. The Balaban J connectivity index is 2.50. The maximum atomic E-state index is 3.54. The topological polar surface area (TPSA) is 12.0 Å². The third-order valence-electron chi connectivity index (χ3n) is 2.35. The highest BCUT2D eigenvalue weighted by atomic mass is 79.9. The van der Waals surface area contributed by atoms with Crippen LogP contribution in [0.15, 0.2) is 27.1 Å². The summed E-state index contributed by atoms with van der Waals surface area (Å²) in [6, 6.07) is 6.21. The number of hydrogen-bond acceptors (Lipinski definition) is 1. The van der Waals surface area contributed by atoms with E-state index in [0.29, 0.717) is 0 Å². The molecule has 0 radical (unpaired) electrons. The van der Waals surface area contributed by atoms with Crippen molar-refractivity contribution in [2.75, 3.05) is 11.9 Å². The van der Waals surface area contributed by atoms with Gasteiger partial charge in [-0.15, -0.1) is 0 Å². The van der Waals surface area contributed by atoms with Crippen molar-refractivity contribution in [3.8, 4) is 0 Å². The Bertz CT molecular complexity index is 312. The van der Waals surface area contributed by atoms with Crippen molar-refractivity contribution in [2.24, 2.45) is 5.92 Å². The molecule has 0 aromatic heterocycles. The van der Waals surface area contributed by atoms with Crippen molar-refractivity contribution in [3.63, 3.8) is 0 Å². The van der Waals surface area contributed by atoms with Gasteiger partial charge in [0.05, 0.1) is 0 Å². The van der Waals surface area contributed by atoms with Crippen LogP contribution >= 0.6 is 31.9 Å². The lowest BCUT2D eigenvalue weighted by Gasteiger charge is -2.13. The minimum atomic E-state index is 0.727. The molecule has 1 N–H and O–H groups in total. The number of nitrogens with one attached hydrogen (secondary N) is 1. The molecular formula is C12H17Br2N. The van der Waals surface area contributed by atoms with Crippen LogP contribution in [0.25, 0.3) is 0 Å². The maximum absolute atomic E-state index is 3.54. The molecule has 1 aromatic carbocycles. The Kier molecular flexibility index (Phi) is 5.69. The van der Waals surface area contributed by atoms with Gasteiger partial charge in [0.25, 0.3) is 0 Å². The molecule has 1 atom stereocenters. The van der Waals surface area contributed by atoms with Gasteiger partial charge in [-0.25, -0.2) is 0 Å². The van der Waals surface area contributed by atoms with E-state index < -0.39 is 0 Å². The number of halogens is 2. The minimum Gasteiger partial charge on any atom is -0.384 e. The lowest BCUT2D eigenvalue weighted by molar-refractivity contribution is 0.550. The van der Waals surface area contributed by atoms with E-state index in [1.165, 1.54) is 18.5 Å². The second-order valence-electron chi connectivity index (χ2n) is 3.90. The van der Waals surface area contributed by atoms with Gasteiger partial charge < -0.3 is 5.32 Å². The van der Waals surface area contributed by atoms with E-state index >= 15 is 0 Å². The van der Waals surface area contributed by atoms with Crippen LogP contribution in [0, 0.1) is 5.92 Å². The summed E-state index contributed by atoms with van der Waals surface area (Å²) in [4.78, 5) is 0. The van der Waals surface area contributed by atoms with Crippen molar-refractivity contribution in [2.45, 2.75) is 26.7 Å². The summed E-state index contributed by atoms with van der Waals surface area (Å²) < 4.78 is 2.21. The second-order valence-corrected chi connectivity index (χ2v) is 5.67. The van der Waals surface area contributed by atoms with Crippen LogP contribution in [0.1, 0.15) is 26.7 Å².